The van der Waals surface area contributed by atoms with Gasteiger partial charge < -0.3 is 10.2 Å². The number of nitrogens with zero attached hydrogens (tertiary/aromatic N) is 1. The van der Waals surface area contributed by atoms with Gasteiger partial charge in [0.1, 0.15) is 0 Å². The van der Waals surface area contributed by atoms with Gasteiger partial charge in [0, 0.05) is 40.1 Å². The highest BCUT2D eigenvalue weighted by atomic mass is 32.2. The maximum Gasteiger partial charge on any atom is 0.321 e. The van der Waals surface area contributed by atoms with Gasteiger partial charge in [-0.25, -0.2) is 4.79 Å². The molecule has 0 radical (unpaired) electrons. The minimum Gasteiger partial charge on any atom is -0.324 e. The molecule has 0 spiro atoms. The average Bonchev–Trinajstić information content (AvgIpc) is 2.54. The molecule has 2 rings (SSSR count). The number of para-hydroxylation sites is 1. The van der Waals surface area contributed by atoms with Crippen LogP contribution in [0, 0.1) is 13.8 Å². The number of anilines is 1. The Balaban J connectivity index is 2.09. The summed E-state index contributed by atoms with van der Waals surface area (Å²) < 4.78 is 11.9. The van der Waals surface area contributed by atoms with Crippen LogP contribution in [0.1, 0.15) is 31.4 Å². The van der Waals surface area contributed by atoms with Crippen LogP contribution in [0.2, 0.25) is 0 Å². The second kappa shape index (κ2) is 6.18. The first kappa shape index (κ1) is 16.0. The van der Waals surface area contributed by atoms with Gasteiger partial charge in [0.05, 0.1) is 0 Å². The van der Waals surface area contributed by atoms with Crippen LogP contribution in [-0.2, 0) is 10.8 Å². The molecular formula is C16H24N2O2S. The molecule has 0 aromatic heterocycles. The monoisotopic (exact) mass is 308 g/mol. The van der Waals surface area contributed by atoms with E-state index in [0.717, 1.165) is 23.2 Å². The van der Waals surface area contributed by atoms with E-state index in [9.17, 15) is 9.00 Å². The molecule has 21 heavy (non-hydrogen) atoms. The topological polar surface area (TPSA) is 49.4 Å². The number of carbonyl (C=O) groups excluding carboxylic acids is 1. The number of carbonyl (C=O) groups is 1. The third kappa shape index (κ3) is 3.64. The van der Waals surface area contributed by atoms with E-state index in [1.165, 1.54) is 0 Å². The van der Waals surface area contributed by atoms with Gasteiger partial charge in [-0.05, 0) is 45.2 Å². The van der Waals surface area contributed by atoms with Crippen molar-refractivity contribution in [3.63, 3.8) is 0 Å². The van der Waals surface area contributed by atoms with Crippen LogP contribution < -0.4 is 5.32 Å². The van der Waals surface area contributed by atoms with Crippen molar-refractivity contribution in [2.24, 2.45) is 0 Å². The molecule has 1 aliphatic heterocycles. The number of amides is 2. The first-order valence-electron chi connectivity index (χ1n) is 7.32. The van der Waals surface area contributed by atoms with E-state index in [1.807, 2.05) is 45.9 Å². The molecular weight excluding hydrogens is 284 g/mol. The van der Waals surface area contributed by atoms with E-state index >= 15 is 0 Å². The summed E-state index contributed by atoms with van der Waals surface area (Å²) in [5.74, 6) is 0.549. The average molecular weight is 308 g/mol. The number of hydrogen-bond acceptors (Lipinski definition) is 2. The smallest absolute Gasteiger partial charge is 0.321 e. The van der Waals surface area contributed by atoms with E-state index < -0.39 is 10.8 Å². The molecule has 1 fully saturated rings. The third-order valence-electron chi connectivity index (χ3n) is 4.15. The molecule has 0 unspecified atom stereocenters. The Kier molecular flexibility index (Phi) is 4.71. The summed E-state index contributed by atoms with van der Waals surface area (Å²) in [5, 5.41) is 3.01. The Morgan fingerprint density at radius 3 is 2.48 bits per heavy atom. The molecule has 2 amide bonds. The van der Waals surface area contributed by atoms with E-state index in [1.54, 1.807) is 4.90 Å². The lowest BCUT2D eigenvalue weighted by Gasteiger charge is -2.23. The van der Waals surface area contributed by atoms with Gasteiger partial charge in [0.25, 0.3) is 0 Å². The highest BCUT2D eigenvalue weighted by molar-refractivity contribution is 7.86. The minimum absolute atomic E-state index is 0.0953. The van der Waals surface area contributed by atoms with Crippen LogP contribution in [0.25, 0.3) is 0 Å². The second-order valence-corrected chi connectivity index (χ2v) is 8.45. The van der Waals surface area contributed by atoms with Gasteiger partial charge in [-0.15, -0.1) is 0 Å². The highest BCUT2D eigenvalue weighted by Gasteiger charge is 2.31. The third-order valence-corrected chi connectivity index (χ3v) is 6.14. The summed E-state index contributed by atoms with van der Waals surface area (Å²) in [5.41, 5.74) is 3.00. The summed E-state index contributed by atoms with van der Waals surface area (Å²) in [6.45, 7) is 9.20. The predicted octanol–water partition coefficient (Wildman–Crippen LogP) is 3.07. The Morgan fingerprint density at radius 2 is 1.86 bits per heavy atom. The fraction of sp³-hybridized carbons (Fsp3) is 0.562. The van der Waals surface area contributed by atoms with Crippen molar-refractivity contribution in [2.75, 3.05) is 24.2 Å². The summed E-state index contributed by atoms with van der Waals surface area (Å²) in [6, 6.07) is 5.87. The van der Waals surface area contributed by atoms with Crippen molar-refractivity contribution in [1.29, 1.82) is 0 Å². The van der Waals surface area contributed by atoms with Crippen LogP contribution in [-0.4, -0.2) is 38.7 Å². The first-order valence-corrected chi connectivity index (χ1v) is 8.64. The fourth-order valence-corrected chi connectivity index (χ4v) is 3.76. The number of hydrogen-bond donors (Lipinski definition) is 1. The highest BCUT2D eigenvalue weighted by Crippen LogP contribution is 2.23. The van der Waals surface area contributed by atoms with Crippen LogP contribution >= 0.6 is 0 Å². The van der Waals surface area contributed by atoms with Crippen LogP contribution in [0.15, 0.2) is 18.2 Å². The number of nitrogens with one attached hydrogen (secondary N) is 1. The summed E-state index contributed by atoms with van der Waals surface area (Å²) in [7, 11) is -0.882. The van der Waals surface area contributed by atoms with Gasteiger partial charge in [-0.1, -0.05) is 18.2 Å². The summed E-state index contributed by atoms with van der Waals surface area (Å²) >= 11 is 0. The normalized spacial score (nSPS) is 21.7. The quantitative estimate of drug-likeness (QED) is 0.867. The lowest BCUT2D eigenvalue weighted by Crippen LogP contribution is -2.37. The zero-order valence-electron chi connectivity index (χ0n) is 13.2. The van der Waals surface area contributed by atoms with Crippen molar-refractivity contribution in [3.8, 4) is 0 Å². The van der Waals surface area contributed by atoms with Crippen LogP contribution in [0.3, 0.4) is 0 Å². The van der Waals surface area contributed by atoms with Crippen molar-refractivity contribution >= 4 is 22.5 Å². The first-order chi connectivity index (χ1) is 9.81. The Hall–Kier alpha value is -1.36. The molecule has 0 bridgehead atoms. The van der Waals surface area contributed by atoms with Gasteiger partial charge in [0.2, 0.25) is 0 Å². The molecule has 0 aliphatic carbocycles. The molecule has 0 saturated carbocycles. The van der Waals surface area contributed by atoms with Gasteiger partial charge in [-0.2, -0.15) is 0 Å². The Morgan fingerprint density at radius 1 is 1.24 bits per heavy atom. The summed E-state index contributed by atoms with van der Waals surface area (Å²) in [4.78, 5) is 14.2. The van der Waals surface area contributed by atoms with Crippen molar-refractivity contribution in [3.05, 3.63) is 29.3 Å². The number of rotatable bonds is 1. The summed E-state index contributed by atoms with van der Waals surface area (Å²) in [6.07, 6.45) is 0.764. The molecule has 116 valence electrons. The molecule has 5 heteroatoms. The molecule has 1 aromatic rings. The van der Waals surface area contributed by atoms with Crippen molar-refractivity contribution in [1.82, 2.24) is 4.90 Å². The SMILES string of the molecule is Cc1cccc(C)c1NC(=O)N1CC[S@](=O)C(C)(C)CC1. The van der Waals surface area contributed by atoms with Gasteiger partial charge in [0.15, 0.2) is 0 Å². The van der Waals surface area contributed by atoms with Crippen molar-refractivity contribution < 1.29 is 9.00 Å². The second-order valence-electron chi connectivity index (χ2n) is 6.24. The Labute approximate surface area is 129 Å². The largest absolute Gasteiger partial charge is 0.324 e. The number of urea groups is 1. The molecule has 4 nitrogen and oxygen atoms in total. The molecule has 1 aliphatic rings. The standard InChI is InChI=1S/C16H24N2O2S/c1-12-6-5-7-13(2)14(12)17-15(19)18-9-8-16(3,4)21(20)11-10-18/h5-7H,8-11H2,1-4H3,(H,17,19)/t21-/m0/s1. The van der Waals surface area contributed by atoms with E-state index in [2.05, 4.69) is 5.32 Å². The maximum atomic E-state index is 12.5. The molecule has 1 heterocycles. The van der Waals surface area contributed by atoms with E-state index in [-0.39, 0.29) is 10.8 Å². The van der Waals surface area contributed by atoms with E-state index in [0.29, 0.717) is 18.8 Å². The number of benzene rings is 1. The fourth-order valence-electron chi connectivity index (χ4n) is 2.50. The molecule has 1 saturated heterocycles. The minimum atomic E-state index is -0.882. The van der Waals surface area contributed by atoms with E-state index in [4.69, 9.17) is 0 Å². The van der Waals surface area contributed by atoms with Crippen molar-refractivity contribution in [2.45, 2.75) is 38.9 Å². The maximum absolute atomic E-state index is 12.5. The zero-order valence-corrected chi connectivity index (χ0v) is 14.0. The Bertz CT molecular complexity index is 549. The molecule has 1 atom stereocenters. The van der Waals surface area contributed by atoms with Crippen LogP contribution in [0.4, 0.5) is 10.5 Å². The number of aryl methyl sites for hydroxylation is 2. The van der Waals surface area contributed by atoms with Crippen LogP contribution in [0.5, 0.6) is 0 Å². The zero-order chi connectivity index (χ0) is 15.6. The predicted molar refractivity (Wildman–Crippen MR) is 88.2 cm³/mol. The molecule has 1 N–H and O–H groups in total. The van der Waals surface area contributed by atoms with Gasteiger partial charge >= 0.3 is 6.03 Å². The van der Waals surface area contributed by atoms with Gasteiger partial charge in [-0.3, -0.25) is 4.21 Å². The lowest BCUT2D eigenvalue weighted by molar-refractivity contribution is 0.214. The lowest BCUT2D eigenvalue weighted by atomic mass is 10.1. The molecule has 1 aromatic carbocycles.